The first-order chi connectivity index (χ1) is 10.1. The maximum atomic E-state index is 6.51. The summed E-state index contributed by atoms with van der Waals surface area (Å²) in [5.74, 6) is 1.78. The van der Waals surface area contributed by atoms with Gasteiger partial charge in [-0.2, -0.15) is 0 Å². The molecule has 2 heterocycles. The molecule has 3 aliphatic rings. The standard InChI is InChI=1S/C16H21ClN2O2/c1-19-9-10(8-18)5-13(19)11-6-14-15(7-12(11)17)21-16(20-14)3-2-4-16/h6-7,10,13H,2-5,8-9,18H2,1H3. The quantitative estimate of drug-likeness (QED) is 0.912. The maximum absolute atomic E-state index is 6.51. The van der Waals surface area contributed by atoms with E-state index in [1.807, 2.05) is 6.07 Å². The molecule has 0 aromatic heterocycles. The minimum atomic E-state index is -0.397. The molecule has 1 aromatic carbocycles. The number of hydrogen-bond donors (Lipinski definition) is 1. The molecule has 2 fully saturated rings. The second-order valence-corrected chi connectivity index (χ2v) is 6.99. The van der Waals surface area contributed by atoms with E-state index in [1.165, 1.54) is 0 Å². The van der Waals surface area contributed by atoms with Crippen molar-refractivity contribution in [1.29, 1.82) is 0 Å². The maximum Gasteiger partial charge on any atom is 0.251 e. The van der Waals surface area contributed by atoms with Crippen LogP contribution in [-0.2, 0) is 0 Å². The molecule has 1 aromatic rings. The zero-order chi connectivity index (χ0) is 14.6. The van der Waals surface area contributed by atoms with Crippen molar-refractivity contribution in [3.8, 4) is 11.5 Å². The summed E-state index contributed by atoms with van der Waals surface area (Å²) in [6.45, 7) is 1.75. The Morgan fingerprint density at radius 3 is 2.62 bits per heavy atom. The van der Waals surface area contributed by atoms with E-state index in [-0.39, 0.29) is 0 Å². The van der Waals surface area contributed by atoms with Gasteiger partial charge in [0.05, 0.1) is 0 Å². The number of benzene rings is 1. The van der Waals surface area contributed by atoms with E-state index in [0.29, 0.717) is 12.0 Å². The number of rotatable bonds is 2. The lowest BCUT2D eigenvalue weighted by molar-refractivity contribution is -0.138. The molecule has 0 radical (unpaired) electrons. The van der Waals surface area contributed by atoms with E-state index in [0.717, 1.165) is 60.9 Å². The van der Waals surface area contributed by atoms with Crippen LogP contribution in [0.5, 0.6) is 11.5 Å². The Morgan fingerprint density at radius 1 is 1.33 bits per heavy atom. The molecule has 2 aliphatic heterocycles. The lowest BCUT2D eigenvalue weighted by Crippen LogP contribution is -2.45. The van der Waals surface area contributed by atoms with E-state index >= 15 is 0 Å². The number of halogens is 1. The summed E-state index contributed by atoms with van der Waals surface area (Å²) in [5, 5.41) is 0.767. The van der Waals surface area contributed by atoms with Crippen LogP contribution in [0.25, 0.3) is 0 Å². The normalized spacial score (nSPS) is 29.9. The van der Waals surface area contributed by atoms with Crippen LogP contribution in [0.15, 0.2) is 12.1 Å². The summed E-state index contributed by atoms with van der Waals surface area (Å²) < 4.78 is 12.0. The van der Waals surface area contributed by atoms with Crippen molar-refractivity contribution in [2.24, 2.45) is 11.7 Å². The average Bonchev–Trinajstić information content (AvgIpc) is 2.97. The number of likely N-dealkylation sites (tertiary alicyclic amines) is 1. The second kappa shape index (κ2) is 4.77. The molecule has 1 saturated carbocycles. The lowest BCUT2D eigenvalue weighted by atomic mass is 9.91. The Morgan fingerprint density at radius 2 is 2.05 bits per heavy atom. The van der Waals surface area contributed by atoms with Gasteiger partial charge in [0.25, 0.3) is 5.79 Å². The van der Waals surface area contributed by atoms with E-state index in [4.69, 9.17) is 26.8 Å². The summed E-state index contributed by atoms with van der Waals surface area (Å²) in [4.78, 5) is 2.33. The third-order valence-electron chi connectivity index (χ3n) is 5.10. The smallest absolute Gasteiger partial charge is 0.251 e. The summed E-state index contributed by atoms with van der Waals surface area (Å²) in [5.41, 5.74) is 6.95. The predicted octanol–water partition coefficient (Wildman–Crippen LogP) is 2.94. The first-order valence-electron chi connectivity index (χ1n) is 7.72. The molecule has 2 N–H and O–H groups in total. The molecule has 4 nitrogen and oxygen atoms in total. The lowest BCUT2D eigenvalue weighted by Gasteiger charge is -2.35. The molecule has 1 spiro atoms. The molecule has 5 heteroatoms. The van der Waals surface area contributed by atoms with Crippen molar-refractivity contribution in [3.63, 3.8) is 0 Å². The van der Waals surface area contributed by atoms with Gasteiger partial charge in [-0.1, -0.05) is 11.6 Å². The molecular formula is C16H21ClN2O2. The third kappa shape index (κ3) is 2.12. The Labute approximate surface area is 130 Å². The molecule has 1 saturated heterocycles. The summed E-state index contributed by atoms with van der Waals surface area (Å²) in [6, 6.07) is 4.31. The number of nitrogens with two attached hydrogens (primary N) is 1. The minimum absolute atomic E-state index is 0.317. The highest BCUT2D eigenvalue weighted by molar-refractivity contribution is 6.31. The molecule has 0 amide bonds. The molecule has 0 bridgehead atoms. The SMILES string of the molecule is CN1CC(CN)CC1c1cc2c(cc1Cl)OC1(CCC1)O2. The van der Waals surface area contributed by atoms with Crippen LogP contribution in [0.3, 0.4) is 0 Å². The predicted molar refractivity (Wildman–Crippen MR) is 81.8 cm³/mol. The Bertz CT molecular complexity index is 574. The largest absolute Gasteiger partial charge is 0.448 e. The molecule has 4 rings (SSSR count). The third-order valence-corrected chi connectivity index (χ3v) is 5.42. The van der Waals surface area contributed by atoms with Gasteiger partial charge in [0, 0.05) is 36.5 Å². The number of hydrogen-bond acceptors (Lipinski definition) is 4. The van der Waals surface area contributed by atoms with Gasteiger partial charge in [-0.15, -0.1) is 0 Å². The van der Waals surface area contributed by atoms with Gasteiger partial charge in [-0.25, -0.2) is 0 Å². The van der Waals surface area contributed by atoms with Crippen molar-refractivity contribution in [2.75, 3.05) is 20.1 Å². The van der Waals surface area contributed by atoms with Crippen LogP contribution in [0.2, 0.25) is 5.02 Å². The van der Waals surface area contributed by atoms with Crippen LogP contribution in [-0.4, -0.2) is 30.8 Å². The van der Waals surface area contributed by atoms with Crippen LogP contribution in [0.4, 0.5) is 0 Å². The molecule has 2 unspecified atom stereocenters. The van der Waals surface area contributed by atoms with Gasteiger partial charge >= 0.3 is 0 Å². The molecule has 1 aliphatic carbocycles. The monoisotopic (exact) mass is 308 g/mol. The summed E-state index contributed by atoms with van der Waals surface area (Å²) in [7, 11) is 2.13. The van der Waals surface area contributed by atoms with Crippen molar-refractivity contribution < 1.29 is 9.47 Å². The zero-order valence-corrected chi connectivity index (χ0v) is 13.0. The highest BCUT2D eigenvalue weighted by Crippen LogP contribution is 2.51. The molecule has 2 atom stereocenters. The Kier molecular flexibility index (Phi) is 3.10. The van der Waals surface area contributed by atoms with Crippen LogP contribution in [0.1, 0.15) is 37.3 Å². The van der Waals surface area contributed by atoms with Gasteiger partial charge in [0.15, 0.2) is 11.5 Å². The van der Waals surface area contributed by atoms with Crippen molar-refractivity contribution >= 4 is 11.6 Å². The first kappa shape index (κ1) is 13.7. The first-order valence-corrected chi connectivity index (χ1v) is 8.10. The highest BCUT2D eigenvalue weighted by Gasteiger charge is 2.47. The molecule has 114 valence electrons. The van der Waals surface area contributed by atoms with Gasteiger partial charge in [-0.3, -0.25) is 4.90 Å². The number of nitrogens with zero attached hydrogens (tertiary/aromatic N) is 1. The van der Waals surface area contributed by atoms with Crippen molar-refractivity contribution in [2.45, 2.75) is 37.5 Å². The fourth-order valence-corrected chi connectivity index (χ4v) is 3.98. The van der Waals surface area contributed by atoms with Crippen LogP contribution >= 0.6 is 11.6 Å². The average molecular weight is 309 g/mol. The van der Waals surface area contributed by atoms with E-state index < -0.39 is 5.79 Å². The number of fused-ring (bicyclic) bond motifs is 1. The summed E-state index contributed by atoms with van der Waals surface area (Å²) in [6.07, 6.45) is 4.15. The highest BCUT2D eigenvalue weighted by atomic mass is 35.5. The fraction of sp³-hybridized carbons (Fsp3) is 0.625. The van der Waals surface area contributed by atoms with Gasteiger partial charge in [0.2, 0.25) is 0 Å². The van der Waals surface area contributed by atoms with Gasteiger partial charge in [0.1, 0.15) is 0 Å². The van der Waals surface area contributed by atoms with Gasteiger partial charge < -0.3 is 15.2 Å². The van der Waals surface area contributed by atoms with E-state index in [9.17, 15) is 0 Å². The molecule has 21 heavy (non-hydrogen) atoms. The topological polar surface area (TPSA) is 47.7 Å². The second-order valence-electron chi connectivity index (χ2n) is 6.58. The van der Waals surface area contributed by atoms with Crippen LogP contribution < -0.4 is 15.2 Å². The van der Waals surface area contributed by atoms with Crippen molar-refractivity contribution in [1.82, 2.24) is 4.90 Å². The fourth-order valence-electron chi connectivity index (χ4n) is 3.70. The van der Waals surface area contributed by atoms with E-state index in [1.54, 1.807) is 0 Å². The Balaban J connectivity index is 1.64. The Hall–Kier alpha value is -0.970. The number of ether oxygens (including phenoxy) is 2. The molecular weight excluding hydrogens is 288 g/mol. The summed E-state index contributed by atoms with van der Waals surface area (Å²) >= 11 is 6.51. The van der Waals surface area contributed by atoms with Crippen molar-refractivity contribution in [3.05, 3.63) is 22.7 Å². The van der Waals surface area contributed by atoms with E-state index in [2.05, 4.69) is 18.0 Å². The van der Waals surface area contributed by atoms with Gasteiger partial charge in [-0.05, 0) is 44.0 Å². The zero-order valence-electron chi connectivity index (χ0n) is 12.3. The van der Waals surface area contributed by atoms with Crippen LogP contribution in [0, 0.1) is 5.92 Å². The minimum Gasteiger partial charge on any atom is -0.448 e.